The lowest BCUT2D eigenvalue weighted by atomic mass is 10.2. The second kappa shape index (κ2) is 6.67. The van der Waals surface area contributed by atoms with Crippen LogP contribution in [0.2, 0.25) is 0 Å². The minimum atomic E-state index is 0.591. The molecule has 0 bridgehead atoms. The predicted octanol–water partition coefficient (Wildman–Crippen LogP) is 4.89. The summed E-state index contributed by atoms with van der Waals surface area (Å²) < 4.78 is 0. The number of hydrogen-bond donors (Lipinski definition) is 1. The number of rotatable bonds is 4. The van der Waals surface area contributed by atoms with Crippen molar-refractivity contribution >= 4 is 23.4 Å². The Balaban J connectivity index is 1.95. The molecule has 0 unspecified atom stereocenters. The summed E-state index contributed by atoms with van der Waals surface area (Å²) >= 11 is 6.08. The smallest absolute Gasteiger partial charge is 0.106 e. The molecule has 0 atom stereocenters. The molecule has 0 saturated heterocycles. The highest BCUT2D eigenvalue weighted by Gasteiger charge is 1.91. The SMILES string of the molecule is ClC(=CC=Cc1ccccc1)Nc1ccccc1. The van der Waals surface area contributed by atoms with Gasteiger partial charge in [0.2, 0.25) is 0 Å². The van der Waals surface area contributed by atoms with Gasteiger partial charge < -0.3 is 5.32 Å². The largest absolute Gasteiger partial charge is 0.346 e. The lowest BCUT2D eigenvalue weighted by Gasteiger charge is -2.02. The molecule has 0 radical (unpaired) electrons. The minimum Gasteiger partial charge on any atom is -0.346 e. The molecule has 0 aromatic heterocycles. The fourth-order valence-corrected chi connectivity index (χ4v) is 1.69. The lowest BCUT2D eigenvalue weighted by Crippen LogP contribution is -1.91. The third-order valence-electron chi connectivity index (χ3n) is 2.37. The van der Waals surface area contributed by atoms with Crippen molar-refractivity contribution in [3.05, 3.63) is 83.5 Å². The molecule has 90 valence electrons. The van der Waals surface area contributed by atoms with E-state index in [1.165, 1.54) is 0 Å². The van der Waals surface area contributed by atoms with Gasteiger partial charge in [-0.15, -0.1) is 0 Å². The highest BCUT2D eigenvalue weighted by molar-refractivity contribution is 6.31. The maximum Gasteiger partial charge on any atom is 0.106 e. The van der Waals surface area contributed by atoms with Crippen molar-refractivity contribution in [1.82, 2.24) is 0 Å². The first-order valence-corrected chi connectivity index (χ1v) is 6.13. The average molecular weight is 256 g/mol. The van der Waals surface area contributed by atoms with Gasteiger partial charge in [0.15, 0.2) is 0 Å². The first kappa shape index (κ1) is 12.5. The van der Waals surface area contributed by atoms with Gasteiger partial charge in [0.25, 0.3) is 0 Å². The molecule has 2 aromatic rings. The third-order valence-corrected chi connectivity index (χ3v) is 2.59. The standard InChI is InChI=1S/C16H14ClN/c17-16(18-15-11-5-2-6-12-15)13-7-10-14-8-3-1-4-9-14/h1-13,18H. The van der Waals surface area contributed by atoms with E-state index in [1.54, 1.807) is 0 Å². The Labute approximate surface area is 112 Å². The van der Waals surface area contributed by atoms with E-state index in [9.17, 15) is 0 Å². The quantitative estimate of drug-likeness (QED) is 0.606. The summed E-state index contributed by atoms with van der Waals surface area (Å²) in [5, 5.41) is 3.69. The van der Waals surface area contributed by atoms with Crippen molar-refractivity contribution in [2.75, 3.05) is 5.32 Å². The van der Waals surface area contributed by atoms with Crippen LogP contribution < -0.4 is 5.32 Å². The zero-order valence-electron chi connectivity index (χ0n) is 9.88. The van der Waals surface area contributed by atoms with Crippen molar-refractivity contribution in [3.63, 3.8) is 0 Å². The number of para-hydroxylation sites is 1. The first-order chi connectivity index (χ1) is 8.84. The highest BCUT2D eigenvalue weighted by Crippen LogP contribution is 2.11. The van der Waals surface area contributed by atoms with E-state index in [0.29, 0.717) is 5.16 Å². The van der Waals surface area contributed by atoms with Crippen molar-refractivity contribution < 1.29 is 0 Å². The van der Waals surface area contributed by atoms with Crippen LogP contribution in [0.3, 0.4) is 0 Å². The Morgan fingerprint density at radius 1 is 0.889 bits per heavy atom. The summed E-state index contributed by atoms with van der Waals surface area (Å²) in [6.07, 6.45) is 5.77. The highest BCUT2D eigenvalue weighted by atomic mass is 35.5. The van der Waals surface area contributed by atoms with E-state index < -0.39 is 0 Å². The first-order valence-electron chi connectivity index (χ1n) is 5.75. The molecule has 2 heteroatoms. The van der Waals surface area contributed by atoms with E-state index in [-0.39, 0.29) is 0 Å². The van der Waals surface area contributed by atoms with Crippen molar-refractivity contribution in [1.29, 1.82) is 0 Å². The number of allylic oxidation sites excluding steroid dienone is 2. The number of benzene rings is 2. The molecule has 0 fully saturated rings. The second-order valence-corrected chi connectivity index (χ2v) is 4.18. The number of nitrogens with one attached hydrogen (secondary N) is 1. The molecule has 0 aliphatic carbocycles. The van der Waals surface area contributed by atoms with Gasteiger partial charge in [-0.2, -0.15) is 0 Å². The van der Waals surface area contributed by atoms with Gasteiger partial charge in [-0.05, 0) is 23.8 Å². The Morgan fingerprint density at radius 2 is 1.50 bits per heavy atom. The Bertz CT molecular complexity index is 530. The normalized spacial score (nSPS) is 11.7. The van der Waals surface area contributed by atoms with Crippen LogP contribution in [0.15, 0.2) is 78.0 Å². The van der Waals surface area contributed by atoms with Gasteiger partial charge in [0.05, 0.1) is 0 Å². The van der Waals surface area contributed by atoms with Crippen LogP contribution >= 0.6 is 11.6 Å². The van der Waals surface area contributed by atoms with Gasteiger partial charge >= 0.3 is 0 Å². The number of hydrogen-bond acceptors (Lipinski definition) is 1. The molecule has 0 amide bonds. The molecule has 2 aromatic carbocycles. The zero-order valence-corrected chi connectivity index (χ0v) is 10.6. The molecule has 0 heterocycles. The number of anilines is 1. The molecule has 0 spiro atoms. The van der Waals surface area contributed by atoms with Crippen LogP contribution in [0.1, 0.15) is 5.56 Å². The fraction of sp³-hybridized carbons (Fsp3) is 0. The fourth-order valence-electron chi connectivity index (χ4n) is 1.51. The van der Waals surface area contributed by atoms with Crippen LogP contribution in [0.4, 0.5) is 5.69 Å². The summed E-state index contributed by atoms with van der Waals surface area (Å²) in [7, 11) is 0. The molecular weight excluding hydrogens is 242 g/mol. The molecule has 0 saturated carbocycles. The summed E-state index contributed by atoms with van der Waals surface area (Å²) in [5.41, 5.74) is 2.13. The molecule has 2 rings (SSSR count). The number of halogens is 1. The molecule has 18 heavy (non-hydrogen) atoms. The van der Waals surface area contributed by atoms with Crippen molar-refractivity contribution in [2.45, 2.75) is 0 Å². The third kappa shape index (κ3) is 4.11. The van der Waals surface area contributed by atoms with Crippen LogP contribution in [-0.2, 0) is 0 Å². The van der Waals surface area contributed by atoms with Crippen LogP contribution in [0.5, 0.6) is 0 Å². The van der Waals surface area contributed by atoms with Crippen molar-refractivity contribution in [2.24, 2.45) is 0 Å². The topological polar surface area (TPSA) is 12.0 Å². The second-order valence-electron chi connectivity index (χ2n) is 3.78. The van der Waals surface area contributed by atoms with E-state index in [0.717, 1.165) is 11.3 Å². The summed E-state index contributed by atoms with van der Waals surface area (Å²) in [5.74, 6) is 0. The summed E-state index contributed by atoms with van der Waals surface area (Å²) in [4.78, 5) is 0. The Kier molecular flexibility index (Phi) is 4.62. The monoisotopic (exact) mass is 255 g/mol. The maximum atomic E-state index is 6.08. The zero-order chi connectivity index (χ0) is 12.6. The van der Waals surface area contributed by atoms with Gasteiger partial charge in [0, 0.05) is 5.69 Å². The molecule has 0 aliphatic rings. The van der Waals surface area contributed by atoms with Crippen molar-refractivity contribution in [3.8, 4) is 0 Å². The van der Waals surface area contributed by atoms with Crippen LogP contribution in [-0.4, -0.2) is 0 Å². The minimum absolute atomic E-state index is 0.591. The lowest BCUT2D eigenvalue weighted by molar-refractivity contribution is 1.55. The maximum absolute atomic E-state index is 6.08. The summed E-state index contributed by atoms with van der Waals surface area (Å²) in [6, 6.07) is 19.9. The Morgan fingerprint density at radius 3 is 2.17 bits per heavy atom. The van der Waals surface area contributed by atoms with Gasteiger partial charge in [0.1, 0.15) is 5.16 Å². The Hall–Kier alpha value is -1.99. The predicted molar refractivity (Wildman–Crippen MR) is 79.5 cm³/mol. The van der Waals surface area contributed by atoms with E-state index in [4.69, 9.17) is 11.6 Å². The van der Waals surface area contributed by atoms with Gasteiger partial charge in [-0.25, -0.2) is 0 Å². The molecule has 1 N–H and O–H groups in total. The summed E-state index contributed by atoms with van der Waals surface area (Å²) in [6.45, 7) is 0. The molecular formula is C16H14ClN. The van der Waals surface area contributed by atoms with Gasteiger partial charge in [-0.3, -0.25) is 0 Å². The van der Waals surface area contributed by atoms with E-state index in [1.807, 2.05) is 78.9 Å². The van der Waals surface area contributed by atoms with Crippen LogP contribution in [0, 0.1) is 0 Å². The van der Waals surface area contributed by atoms with E-state index in [2.05, 4.69) is 5.32 Å². The molecule has 1 nitrogen and oxygen atoms in total. The molecule has 0 aliphatic heterocycles. The van der Waals surface area contributed by atoms with Crippen LogP contribution in [0.25, 0.3) is 6.08 Å². The van der Waals surface area contributed by atoms with Gasteiger partial charge in [-0.1, -0.05) is 72.3 Å². The average Bonchev–Trinajstić information content (AvgIpc) is 2.41. The van der Waals surface area contributed by atoms with E-state index >= 15 is 0 Å².